The second-order valence-corrected chi connectivity index (χ2v) is 9.58. The third kappa shape index (κ3) is 4.28. The van der Waals surface area contributed by atoms with Gasteiger partial charge in [-0.2, -0.15) is 0 Å². The molecule has 2 rings (SSSR count). The first kappa shape index (κ1) is 16.5. The third-order valence-corrected chi connectivity index (χ3v) is 6.58. The van der Waals surface area contributed by atoms with E-state index >= 15 is 0 Å². The molecule has 0 amide bonds. The molecule has 118 valence electrons. The predicted molar refractivity (Wildman–Crippen MR) is 81.8 cm³/mol. The second kappa shape index (κ2) is 6.06. The Balaban J connectivity index is 2.19. The van der Waals surface area contributed by atoms with Crippen molar-refractivity contribution in [2.24, 2.45) is 5.92 Å². The lowest BCUT2D eigenvalue weighted by atomic mass is 10.2. The molecule has 0 aromatic heterocycles. The van der Waals surface area contributed by atoms with E-state index in [-0.39, 0.29) is 21.6 Å². The summed E-state index contributed by atoms with van der Waals surface area (Å²) in [4.78, 5) is 0.310. The van der Waals surface area contributed by atoms with Crippen LogP contribution in [0.5, 0.6) is 0 Å². The van der Waals surface area contributed by atoms with Crippen LogP contribution in [-0.4, -0.2) is 41.4 Å². The Morgan fingerprint density at radius 3 is 2.05 bits per heavy atom. The molecule has 1 aliphatic rings. The molecule has 7 heteroatoms. The van der Waals surface area contributed by atoms with Crippen molar-refractivity contribution in [1.82, 2.24) is 5.32 Å². The highest BCUT2D eigenvalue weighted by molar-refractivity contribution is 7.91. The average molecular weight is 331 g/mol. The van der Waals surface area contributed by atoms with Crippen molar-refractivity contribution in [2.45, 2.75) is 35.6 Å². The molecule has 0 radical (unpaired) electrons. The van der Waals surface area contributed by atoms with Gasteiger partial charge < -0.3 is 5.32 Å². The maximum Gasteiger partial charge on any atom is 0.179 e. The Morgan fingerprint density at radius 2 is 1.62 bits per heavy atom. The van der Waals surface area contributed by atoms with E-state index in [0.717, 1.165) is 25.6 Å². The van der Waals surface area contributed by atoms with Gasteiger partial charge in [0.05, 0.1) is 15.5 Å². The summed E-state index contributed by atoms with van der Waals surface area (Å²) < 4.78 is 47.6. The van der Waals surface area contributed by atoms with Gasteiger partial charge in [0.25, 0.3) is 0 Å². The number of nitrogens with one attached hydrogen (secondary N) is 1. The van der Waals surface area contributed by atoms with Gasteiger partial charge in [0.1, 0.15) is 0 Å². The summed E-state index contributed by atoms with van der Waals surface area (Å²) in [6, 6.07) is 5.43. The Hall–Kier alpha value is -0.920. The Kier molecular flexibility index (Phi) is 4.75. The predicted octanol–water partition coefficient (Wildman–Crippen LogP) is 1.25. The molecule has 0 heterocycles. The van der Waals surface area contributed by atoms with E-state index in [9.17, 15) is 16.8 Å². The quantitative estimate of drug-likeness (QED) is 0.813. The van der Waals surface area contributed by atoms with Crippen LogP contribution in [-0.2, 0) is 19.7 Å². The van der Waals surface area contributed by atoms with Crippen LogP contribution in [0.4, 0.5) is 0 Å². The van der Waals surface area contributed by atoms with E-state index in [2.05, 4.69) is 5.32 Å². The Bertz CT molecular complexity index is 689. The first-order chi connectivity index (χ1) is 9.74. The van der Waals surface area contributed by atoms with E-state index in [1.807, 2.05) is 6.92 Å². The lowest BCUT2D eigenvalue weighted by molar-refractivity contribution is 0.502. The van der Waals surface area contributed by atoms with Gasteiger partial charge in [0, 0.05) is 12.3 Å². The first-order valence-corrected chi connectivity index (χ1v) is 10.5. The van der Waals surface area contributed by atoms with Crippen LogP contribution < -0.4 is 5.32 Å². The first-order valence-electron chi connectivity index (χ1n) is 7.00. The number of sulfone groups is 2. The largest absolute Gasteiger partial charge is 0.313 e. The fourth-order valence-electron chi connectivity index (χ4n) is 2.35. The summed E-state index contributed by atoms with van der Waals surface area (Å²) in [5.74, 6) is 0.499. The minimum atomic E-state index is -3.41. The van der Waals surface area contributed by atoms with Crippen molar-refractivity contribution in [2.75, 3.05) is 18.6 Å². The van der Waals surface area contributed by atoms with E-state index in [1.165, 1.54) is 24.3 Å². The molecule has 0 saturated heterocycles. The zero-order valence-corrected chi connectivity index (χ0v) is 13.9. The van der Waals surface area contributed by atoms with Gasteiger partial charge in [-0.1, -0.05) is 6.92 Å². The molecule has 0 aliphatic heterocycles. The molecule has 1 aromatic carbocycles. The molecular formula is C14H21NO4S2. The molecule has 1 atom stereocenters. The number of hydrogen-bond acceptors (Lipinski definition) is 5. The summed E-state index contributed by atoms with van der Waals surface area (Å²) in [7, 11) is -6.71. The average Bonchev–Trinajstić information content (AvgIpc) is 3.21. The van der Waals surface area contributed by atoms with Crippen molar-refractivity contribution < 1.29 is 16.8 Å². The van der Waals surface area contributed by atoms with Crippen LogP contribution >= 0.6 is 0 Å². The maximum atomic E-state index is 12.4. The lowest BCUT2D eigenvalue weighted by Gasteiger charge is -2.17. The molecule has 1 aromatic rings. The second-order valence-electron chi connectivity index (χ2n) is 5.53. The molecule has 1 unspecified atom stereocenters. The summed E-state index contributed by atoms with van der Waals surface area (Å²) >= 11 is 0. The van der Waals surface area contributed by atoms with Gasteiger partial charge in [-0.25, -0.2) is 16.8 Å². The van der Waals surface area contributed by atoms with Crippen LogP contribution in [0.15, 0.2) is 34.1 Å². The molecular weight excluding hydrogens is 310 g/mol. The van der Waals surface area contributed by atoms with E-state index in [1.54, 1.807) is 0 Å². The SMILES string of the molecule is CCNC(CS(=O)(=O)c1ccc(S(C)(=O)=O)cc1)C1CC1. The lowest BCUT2D eigenvalue weighted by Crippen LogP contribution is -2.37. The summed E-state index contributed by atoms with van der Waals surface area (Å²) in [5.41, 5.74) is 0. The maximum absolute atomic E-state index is 12.4. The van der Waals surface area contributed by atoms with E-state index < -0.39 is 19.7 Å². The summed E-state index contributed by atoms with van der Waals surface area (Å²) in [5, 5.41) is 3.23. The fourth-order valence-corrected chi connectivity index (χ4v) is 4.59. The minimum Gasteiger partial charge on any atom is -0.313 e. The topological polar surface area (TPSA) is 80.3 Å². The van der Waals surface area contributed by atoms with Gasteiger partial charge in [-0.05, 0) is 49.6 Å². The van der Waals surface area contributed by atoms with Gasteiger partial charge in [-0.15, -0.1) is 0 Å². The van der Waals surface area contributed by atoms with Gasteiger partial charge in [-0.3, -0.25) is 0 Å². The molecule has 0 spiro atoms. The fraction of sp³-hybridized carbons (Fsp3) is 0.571. The minimum absolute atomic E-state index is 0.0189. The molecule has 5 nitrogen and oxygen atoms in total. The number of benzene rings is 1. The van der Waals surface area contributed by atoms with Crippen molar-refractivity contribution in [3.05, 3.63) is 24.3 Å². The highest BCUT2D eigenvalue weighted by atomic mass is 32.2. The van der Waals surface area contributed by atoms with Crippen LogP contribution in [0.1, 0.15) is 19.8 Å². The van der Waals surface area contributed by atoms with Crippen LogP contribution in [0.25, 0.3) is 0 Å². The van der Waals surface area contributed by atoms with Gasteiger partial charge >= 0.3 is 0 Å². The molecule has 0 bridgehead atoms. The normalized spacial score (nSPS) is 17.6. The van der Waals surface area contributed by atoms with E-state index in [0.29, 0.717) is 5.92 Å². The standard InChI is InChI=1S/C14H21NO4S2/c1-3-15-14(11-4-5-11)10-21(18,19)13-8-6-12(7-9-13)20(2,16)17/h6-9,11,14-15H,3-5,10H2,1-2H3. The zero-order valence-electron chi connectivity index (χ0n) is 12.2. The van der Waals surface area contributed by atoms with Crippen molar-refractivity contribution in [3.8, 4) is 0 Å². The molecule has 1 N–H and O–H groups in total. The van der Waals surface area contributed by atoms with Crippen LogP contribution in [0.3, 0.4) is 0 Å². The Morgan fingerprint density at radius 1 is 1.10 bits per heavy atom. The van der Waals surface area contributed by atoms with Crippen molar-refractivity contribution >= 4 is 19.7 Å². The van der Waals surface area contributed by atoms with Gasteiger partial charge in [0.2, 0.25) is 0 Å². The number of hydrogen-bond donors (Lipinski definition) is 1. The highest BCUT2D eigenvalue weighted by Gasteiger charge is 2.34. The smallest absolute Gasteiger partial charge is 0.179 e. The van der Waals surface area contributed by atoms with E-state index in [4.69, 9.17) is 0 Å². The van der Waals surface area contributed by atoms with Gasteiger partial charge in [0.15, 0.2) is 19.7 Å². The third-order valence-electron chi connectivity index (χ3n) is 3.67. The summed E-state index contributed by atoms with van der Waals surface area (Å²) in [6.45, 7) is 2.70. The van der Waals surface area contributed by atoms with Crippen LogP contribution in [0, 0.1) is 5.92 Å². The van der Waals surface area contributed by atoms with Crippen LogP contribution in [0.2, 0.25) is 0 Å². The summed E-state index contributed by atoms with van der Waals surface area (Å²) in [6.07, 6.45) is 3.24. The zero-order chi connectivity index (χ0) is 15.7. The van der Waals surface area contributed by atoms with Crippen molar-refractivity contribution in [1.29, 1.82) is 0 Å². The monoisotopic (exact) mass is 331 g/mol. The Labute approximate surface area is 126 Å². The molecule has 21 heavy (non-hydrogen) atoms. The number of rotatable bonds is 7. The molecule has 1 fully saturated rings. The molecule has 1 saturated carbocycles. The molecule has 1 aliphatic carbocycles. The van der Waals surface area contributed by atoms with Crippen molar-refractivity contribution in [3.63, 3.8) is 0 Å². The highest BCUT2D eigenvalue weighted by Crippen LogP contribution is 2.34.